The van der Waals surface area contributed by atoms with Crippen LogP contribution in [0.15, 0.2) is 36.4 Å². The van der Waals surface area contributed by atoms with Gasteiger partial charge in [-0.2, -0.15) is 0 Å². The SMILES string of the molecule is COc1cc(OC)cc(Oc2c(C)cccc2C(N)=S)c1. The first-order chi connectivity index (χ1) is 10.0. The number of hydrogen-bond acceptors (Lipinski definition) is 4. The molecule has 21 heavy (non-hydrogen) atoms. The minimum Gasteiger partial charge on any atom is -0.496 e. The Morgan fingerprint density at radius 2 is 1.57 bits per heavy atom. The van der Waals surface area contributed by atoms with Crippen molar-refractivity contribution in [2.75, 3.05) is 14.2 Å². The number of hydrogen-bond donors (Lipinski definition) is 1. The number of nitrogens with two attached hydrogens (primary N) is 1. The monoisotopic (exact) mass is 303 g/mol. The maximum atomic E-state index is 5.96. The van der Waals surface area contributed by atoms with Gasteiger partial charge in [-0.1, -0.05) is 24.4 Å². The van der Waals surface area contributed by atoms with E-state index >= 15 is 0 Å². The number of rotatable bonds is 5. The van der Waals surface area contributed by atoms with Crippen LogP contribution in [-0.2, 0) is 0 Å². The Kier molecular flexibility index (Phi) is 4.65. The molecule has 2 N–H and O–H groups in total. The lowest BCUT2D eigenvalue weighted by Crippen LogP contribution is -2.11. The summed E-state index contributed by atoms with van der Waals surface area (Å²) < 4.78 is 16.4. The number of aryl methyl sites for hydroxylation is 1. The molecular weight excluding hydrogens is 286 g/mol. The smallest absolute Gasteiger partial charge is 0.140 e. The molecule has 0 heterocycles. The van der Waals surface area contributed by atoms with E-state index in [0.29, 0.717) is 33.6 Å². The number of methoxy groups -OCH3 is 2. The third-order valence-electron chi connectivity index (χ3n) is 3.02. The van der Waals surface area contributed by atoms with Gasteiger partial charge in [-0.3, -0.25) is 0 Å². The van der Waals surface area contributed by atoms with Gasteiger partial charge in [-0.05, 0) is 18.6 Å². The third kappa shape index (κ3) is 3.44. The molecular formula is C16H17NO3S. The molecule has 4 nitrogen and oxygen atoms in total. The van der Waals surface area contributed by atoms with Gasteiger partial charge in [0, 0.05) is 18.2 Å². The number of para-hydroxylation sites is 1. The molecule has 0 atom stereocenters. The molecule has 2 aromatic carbocycles. The highest BCUT2D eigenvalue weighted by Crippen LogP contribution is 2.33. The topological polar surface area (TPSA) is 53.7 Å². The minimum atomic E-state index is 0.295. The summed E-state index contributed by atoms with van der Waals surface area (Å²) >= 11 is 5.07. The van der Waals surface area contributed by atoms with Gasteiger partial charge in [0.15, 0.2) is 0 Å². The average molecular weight is 303 g/mol. The van der Waals surface area contributed by atoms with Crippen molar-refractivity contribution >= 4 is 17.2 Å². The molecule has 0 saturated carbocycles. The molecule has 0 radical (unpaired) electrons. The zero-order valence-corrected chi connectivity index (χ0v) is 13.0. The van der Waals surface area contributed by atoms with Crippen molar-refractivity contribution < 1.29 is 14.2 Å². The Morgan fingerprint density at radius 1 is 1.00 bits per heavy atom. The van der Waals surface area contributed by atoms with Crippen molar-refractivity contribution in [3.05, 3.63) is 47.5 Å². The van der Waals surface area contributed by atoms with Gasteiger partial charge in [0.2, 0.25) is 0 Å². The van der Waals surface area contributed by atoms with Crippen molar-refractivity contribution in [2.24, 2.45) is 5.73 Å². The van der Waals surface area contributed by atoms with Crippen LogP contribution in [0.5, 0.6) is 23.0 Å². The van der Waals surface area contributed by atoms with Crippen LogP contribution < -0.4 is 19.9 Å². The first-order valence-corrected chi connectivity index (χ1v) is 6.76. The summed E-state index contributed by atoms with van der Waals surface area (Å²) in [5.74, 6) is 2.53. The van der Waals surface area contributed by atoms with Gasteiger partial charge in [0.1, 0.15) is 28.0 Å². The molecule has 0 fully saturated rings. The van der Waals surface area contributed by atoms with Crippen LogP contribution in [0.2, 0.25) is 0 Å². The standard InChI is InChI=1S/C16H17NO3S/c1-10-5-4-6-14(16(17)21)15(10)20-13-8-11(18-2)7-12(9-13)19-3/h4-9H,1-3H3,(H2,17,21). The molecule has 2 aromatic rings. The molecule has 110 valence electrons. The normalized spacial score (nSPS) is 10.0. The Bertz CT molecular complexity index is 648. The molecule has 0 aliphatic rings. The van der Waals surface area contributed by atoms with E-state index in [-0.39, 0.29) is 0 Å². The highest BCUT2D eigenvalue weighted by atomic mass is 32.1. The second-order valence-corrected chi connectivity index (χ2v) is 4.91. The van der Waals surface area contributed by atoms with Crippen LogP contribution in [0.1, 0.15) is 11.1 Å². The Morgan fingerprint density at radius 3 is 2.10 bits per heavy atom. The summed E-state index contributed by atoms with van der Waals surface area (Å²) in [6.45, 7) is 1.94. The second-order valence-electron chi connectivity index (χ2n) is 4.47. The largest absolute Gasteiger partial charge is 0.496 e. The predicted molar refractivity (Wildman–Crippen MR) is 86.7 cm³/mol. The summed E-state index contributed by atoms with van der Waals surface area (Å²) in [4.78, 5) is 0.295. The minimum absolute atomic E-state index is 0.295. The van der Waals surface area contributed by atoms with Crippen LogP contribution >= 0.6 is 12.2 Å². The molecule has 0 bridgehead atoms. The van der Waals surface area contributed by atoms with Crippen molar-refractivity contribution in [3.8, 4) is 23.0 Å². The Labute approximate surface area is 129 Å². The highest BCUT2D eigenvalue weighted by molar-refractivity contribution is 7.80. The van der Waals surface area contributed by atoms with E-state index in [2.05, 4.69) is 0 Å². The fourth-order valence-electron chi connectivity index (χ4n) is 1.94. The van der Waals surface area contributed by atoms with Gasteiger partial charge < -0.3 is 19.9 Å². The van der Waals surface area contributed by atoms with Gasteiger partial charge in [0.25, 0.3) is 0 Å². The van der Waals surface area contributed by atoms with Gasteiger partial charge in [-0.15, -0.1) is 0 Å². The van der Waals surface area contributed by atoms with Crippen molar-refractivity contribution in [3.63, 3.8) is 0 Å². The Hall–Kier alpha value is -2.27. The first-order valence-electron chi connectivity index (χ1n) is 6.35. The van der Waals surface area contributed by atoms with Crippen LogP contribution in [0.25, 0.3) is 0 Å². The fraction of sp³-hybridized carbons (Fsp3) is 0.188. The lowest BCUT2D eigenvalue weighted by atomic mass is 10.1. The third-order valence-corrected chi connectivity index (χ3v) is 3.24. The number of benzene rings is 2. The average Bonchev–Trinajstić information content (AvgIpc) is 2.48. The summed E-state index contributed by atoms with van der Waals surface area (Å²) in [5, 5.41) is 0. The van der Waals surface area contributed by atoms with Crippen molar-refractivity contribution in [2.45, 2.75) is 6.92 Å². The maximum absolute atomic E-state index is 5.96. The van der Waals surface area contributed by atoms with E-state index in [1.54, 1.807) is 32.4 Å². The zero-order chi connectivity index (χ0) is 15.4. The molecule has 5 heteroatoms. The molecule has 0 saturated heterocycles. The maximum Gasteiger partial charge on any atom is 0.140 e. The molecule has 2 rings (SSSR count). The van der Waals surface area contributed by atoms with E-state index in [4.69, 9.17) is 32.2 Å². The molecule has 0 unspecified atom stereocenters. The molecule has 0 spiro atoms. The first kappa shape index (κ1) is 15.1. The van der Waals surface area contributed by atoms with E-state index in [0.717, 1.165) is 5.56 Å². The Balaban J connectivity index is 2.45. The lowest BCUT2D eigenvalue weighted by Gasteiger charge is -2.14. The van der Waals surface area contributed by atoms with E-state index in [9.17, 15) is 0 Å². The zero-order valence-electron chi connectivity index (χ0n) is 12.2. The van der Waals surface area contributed by atoms with Crippen LogP contribution in [-0.4, -0.2) is 19.2 Å². The van der Waals surface area contributed by atoms with E-state index in [1.807, 2.05) is 25.1 Å². The summed E-state index contributed by atoms with van der Waals surface area (Å²) in [6, 6.07) is 11.0. The fourth-order valence-corrected chi connectivity index (χ4v) is 2.10. The van der Waals surface area contributed by atoms with Crippen molar-refractivity contribution in [1.29, 1.82) is 0 Å². The second kappa shape index (κ2) is 6.45. The van der Waals surface area contributed by atoms with E-state index < -0.39 is 0 Å². The summed E-state index contributed by atoms with van der Waals surface area (Å²) in [5.41, 5.74) is 7.40. The quantitative estimate of drug-likeness (QED) is 0.858. The number of ether oxygens (including phenoxy) is 3. The van der Waals surface area contributed by atoms with Crippen molar-refractivity contribution in [1.82, 2.24) is 0 Å². The highest BCUT2D eigenvalue weighted by Gasteiger charge is 2.12. The van der Waals surface area contributed by atoms with Gasteiger partial charge in [-0.25, -0.2) is 0 Å². The lowest BCUT2D eigenvalue weighted by molar-refractivity contribution is 0.386. The van der Waals surface area contributed by atoms with E-state index in [1.165, 1.54) is 0 Å². The van der Waals surface area contributed by atoms with Crippen LogP contribution in [0.4, 0.5) is 0 Å². The van der Waals surface area contributed by atoms with Gasteiger partial charge in [0.05, 0.1) is 19.8 Å². The molecule has 0 aliphatic heterocycles. The summed E-state index contributed by atoms with van der Waals surface area (Å²) in [6.07, 6.45) is 0. The summed E-state index contributed by atoms with van der Waals surface area (Å²) in [7, 11) is 3.18. The number of thiocarbonyl (C=S) groups is 1. The molecule has 0 amide bonds. The van der Waals surface area contributed by atoms with Crippen LogP contribution in [0, 0.1) is 6.92 Å². The van der Waals surface area contributed by atoms with Gasteiger partial charge >= 0.3 is 0 Å². The predicted octanol–water partition coefficient (Wildman–Crippen LogP) is 3.44. The molecule has 0 aromatic heterocycles. The van der Waals surface area contributed by atoms with Crippen LogP contribution in [0.3, 0.4) is 0 Å². The molecule has 0 aliphatic carbocycles.